The zero-order valence-corrected chi connectivity index (χ0v) is 23.7. The molecule has 0 aliphatic rings. The summed E-state index contributed by atoms with van der Waals surface area (Å²) >= 11 is 0. The summed E-state index contributed by atoms with van der Waals surface area (Å²) < 4.78 is 91.9. The number of sulfonamides is 2. The molecule has 0 bridgehead atoms. The predicted molar refractivity (Wildman–Crippen MR) is 151 cm³/mol. The Bertz CT molecular complexity index is 1870. The van der Waals surface area contributed by atoms with E-state index in [0.717, 1.165) is 18.6 Å². The summed E-state index contributed by atoms with van der Waals surface area (Å²) in [4.78, 5) is 25.9. The number of amides is 1. The van der Waals surface area contributed by atoms with Crippen LogP contribution in [0.2, 0.25) is 0 Å². The van der Waals surface area contributed by atoms with Gasteiger partial charge in [0.1, 0.15) is 5.69 Å². The van der Waals surface area contributed by atoms with Gasteiger partial charge in [-0.05, 0) is 35.9 Å². The number of anilines is 3. The van der Waals surface area contributed by atoms with Crippen LogP contribution in [0.4, 0.5) is 30.5 Å². The average Bonchev–Trinajstić information content (AvgIpc) is 2.88. The molecule has 2 heterocycles. The van der Waals surface area contributed by atoms with Gasteiger partial charge in [0.25, 0.3) is 5.91 Å². The number of halogens is 3. The van der Waals surface area contributed by atoms with Crippen molar-refractivity contribution in [1.82, 2.24) is 25.0 Å². The second-order valence-corrected chi connectivity index (χ2v) is 12.6. The molecule has 222 valence electrons. The molecule has 0 aliphatic carbocycles. The average molecular weight is 624 g/mol. The first-order chi connectivity index (χ1) is 19.6. The summed E-state index contributed by atoms with van der Waals surface area (Å²) in [6.45, 7) is -0.323. The topological polar surface area (TPSA) is 172 Å². The van der Waals surface area contributed by atoms with Crippen molar-refractivity contribution in [3.8, 4) is 11.1 Å². The fourth-order valence-corrected chi connectivity index (χ4v) is 4.90. The number of rotatable bonds is 10. The molecule has 0 atom stereocenters. The minimum absolute atomic E-state index is 0.0126. The van der Waals surface area contributed by atoms with Gasteiger partial charge in [-0.15, -0.1) is 0 Å². The van der Waals surface area contributed by atoms with E-state index in [9.17, 15) is 34.8 Å². The standard InChI is InChI=1S/C25H24F3N7O5S2/c1-41(37,38)31-11-10-29-23(36)21-19(18-8-3-4-9-20(18)25(26,27)28)12-15-14-30-24(34-22(15)33-21)32-16-6-5-7-17(13-16)35-42(2,39)40/h3-9,12-14,31,35H,10-11H2,1-2H3,(H,29,36)(H,30,32,33,34). The highest BCUT2D eigenvalue weighted by atomic mass is 32.2. The third kappa shape index (κ3) is 8.11. The van der Waals surface area contributed by atoms with Gasteiger partial charge in [-0.25, -0.2) is 31.5 Å². The van der Waals surface area contributed by atoms with Crippen molar-refractivity contribution >= 4 is 54.3 Å². The largest absolute Gasteiger partial charge is 0.417 e. The van der Waals surface area contributed by atoms with E-state index >= 15 is 0 Å². The lowest BCUT2D eigenvalue weighted by Crippen LogP contribution is -2.34. The number of hydrogen-bond acceptors (Lipinski definition) is 9. The quantitative estimate of drug-likeness (QED) is 0.194. The van der Waals surface area contributed by atoms with Crippen molar-refractivity contribution in [2.45, 2.75) is 6.18 Å². The number of nitrogens with zero attached hydrogens (tertiary/aromatic N) is 3. The second-order valence-electron chi connectivity index (χ2n) is 9.04. The van der Waals surface area contributed by atoms with Crippen LogP contribution in [0, 0.1) is 0 Å². The van der Waals surface area contributed by atoms with Crippen molar-refractivity contribution in [2.24, 2.45) is 0 Å². The number of carbonyl (C=O) groups is 1. The van der Waals surface area contributed by atoms with Crippen LogP contribution in [0.25, 0.3) is 22.2 Å². The van der Waals surface area contributed by atoms with Gasteiger partial charge in [0, 0.05) is 35.9 Å². The lowest BCUT2D eigenvalue weighted by molar-refractivity contribution is -0.137. The molecule has 42 heavy (non-hydrogen) atoms. The normalized spacial score (nSPS) is 12.2. The Morgan fingerprint density at radius 1 is 0.857 bits per heavy atom. The first kappa shape index (κ1) is 30.6. The van der Waals surface area contributed by atoms with Crippen LogP contribution in [-0.4, -0.2) is 63.3 Å². The molecule has 0 saturated carbocycles. The Labute approximate surface area is 238 Å². The summed E-state index contributed by atoms with van der Waals surface area (Å²) in [5.41, 5.74) is -1.12. The Morgan fingerprint density at radius 2 is 1.57 bits per heavy atom. The van der Waals surface area contributed by atoms with E-state index in [0.29, 0.717) is 5.69 Å². The third-order valence-corrected chi connectivity index (χ3v) is 6.84. The molecule has 0 fully saturated rings. The van der Waals surface area contributed by atoms with Gasteiger partial charge in [0.15, 0.2) is 5.65 Å². The van der Waals surface area contributed by atoms with Gasteiger partial charge in [0.05, 0.1) is 23.8 Å². The van der Waals surface area contributed by atoms with Crippen molar-refractivity contribution in [3.05, 3.63) is 72.1 Å². The van der Waals surface area contributed by atoms with E-state index in [1.54, 1.807) is 12.1 Å². The predicted octanol–water partition coefficient (Wildman–Crippen LogP) is 3.10. The fraction of sp³-hybridized carbons (Fsp3) is 0.200. The van der Waals surface area contributed by atoms with Gasteiger partial charge in [-0.1, -0.05) is 24.3 Å². The monoisotopic (exact) mass is 623 g/mol. The van der Waals surface area contributed by atoms with Crippen molar-refractivity contribution in [2.75, 3.05) is 35.6 Å². The minimum atomic E-state index is -4.73. The van der Waals surface area contributed by atoms with E-state index in [1.807, 2.05) is 0 Å². The number of alkyl halides is 3. The first-order valence-electron chi connectivity index (χ1n) is 12.0. The highest BCUT2D eigenvalue weighted by Crippen LogP contribution is 2.38. The SMILES string of the molecule is CS(=O)(=O)NCCNC(=O)c1nc2nc(Nc3cccc(NS(C)(=O)=O)c3)ncc2cc1-c1ccccc1C(F)(F)F. The number of nitrogens with one attached hydrogen (secondary N) is 4. The molecular formula is C25H24F3N7O5S2. The van der Waals surface area contributed by atoms with E-state index in [1.165, 1.54) is 42.6 Å². The maximum Gasteiger partial charge on any atom is 0.417 e. The summed E-state index contributed by atoms with van der Waals surface area (Å²) in [7, 11) is -7.06. The molecule has 4 rings (SSSR count). The molecule has 2 aromatic carbocycles. The molecule has 0 aliphatic heterocycles. The number of hydrogen-bond donors (Lipinski definition) is 4. The highest BCUT2D eigenvalue weighted by molar-refractivity contribution is 7.92. The van der Waals surface area contributed by atoms with Crippen LogP contribution in [0.15, 0.2) is 60.8 Å². The number of benzene rings is 2. The molecular weight excluding hydrogens is 599 g/mol. The Kier molecular flexibility index (Phi) is 8.65. The van der Waals surface area contributed by atoms with Crippen LogP contribution in [0.1, 0.15) is 16.1 Å². The van der Waals surface area contributed by atoms with E-state index in [2.05, 4.69) is 35.0 Å². The van der Waals surface area contributed by atoms with E-state index < -0.39 is 37.7 Å². The third-order valence-electron chi connectivity index (χ3n) is 5.50. The number of pyridine rings is 1. The Morgan fingerprint density at radius 3 is 2.26 bits per heavy atom. The van der Waals surface area contributed by atoms with Gasteiger partial charge >= 0.3 is 6.18 Å². The van der Waals surface area contributed by atoms with Gasteiger partial charge in [-0.2, -0.15) is 18.2 Å². The van der Waals surface area contributed by atoms with E-state index in [-0.39, 0.29) is 52.6 Å². The maximum absolute atomic E-state index is 13.9. The van der Waals surface area contributed by atoms with Gasteiger partial charge in [-0.3, -0.25) is 9.52 Å². The number of fused-ring (bicyclic) bond motifs is 1. The van der Waals surface area contributed by atoms with Gasteiger partial charge in [0.2, 0.25) is 26.0 Å². The summed E-state index contributed by atoms with van der Waals surface area (Å²) in [6, 6.07) is 12.2. The maximum atomic E-state index is 13.9. The lowest BCUT2D eigenvalue weighted by atomic mass is 9.96. The smallest absolute Gasteiger partial charge is 0.349 e. The highest BCUT2D eigenvalue weighted by Gasteiger charge is 2.34. The first-order valence-corrected chi connectivity index (χ1v) is 15.8. The van der Waals surface area contributed by atoms with Crippen LogP contribution in [-0.2, 0) is 26.2 Å². The fourth-order valence-electron chi connectivity index (χ4n) is 3.87. The van der Waals surface area contributed by atoms with Crippen LogP contribution >= 0.6 is 0 Å². The Balaban J connectivity index is 1.74. The molecule has 0 radical (unpaired) electrons. The zero-order chi connectivity index (χ0) is 30.7. The van der Waals surface area contributed by atoms with Crippen LogP contribution < -0.4 is 20.1 Å². The van der Waals surface area contributed by atoms with Gasteiger partial charge < -0.3 is 10.6 Å². The Hall–Kier alpha value is -4.35. The summed E-state index contributed by atoms with van der Waals surface area (Å²) in [5.74, 6) is -0.842. The molecule has 17 heteroatoms. The van der Waals surface area contributed by atoms with Crippen LogP contribution in [0.5, 0.6) is 0 Å². The minimum Gasteiger partial charge on any atom is -0.349 e. The summed E-state index contributed by atoms with van der Waals surface area (Å²) in [5, 5.41) is 5.58. The molecule has 4 aromatic rings. The zero-order valence-electron chi connectivity index (χ0n) is 22.0. The number of carbonyl (C=O) groups excluding carboxylic acids is 1. The van der Waals surface area contributed by atoms with Crippen molar-refractivity contribution in [3.63, 3.8) is 0 Å². The van der Waals surface area contributed by atoms with Crippen LogP contribution in [0.3, 0.4) is 0 Å². The molecule has 0 unspecified atom stereocenters. The molecule has 2 aromatic heterocycles. The second kappa shape index (κ2) is 11.9. The molecule has 0 spiro atoms. The summed E-state index contributed by atoms with van der Waals surface area (Å²) in [6.07, 6.45) is -1.48. The molecule has 12 nitrogen and oxygen atoms in total. The van der Waals surface area contributed by atoms with Crippen molar-refractivity contribution < 1.29 is 34.8 Å². The number of aromatic nitrogens is 3. The molecule has 4 N–H and O–H groups in total. The van der Waals surface area contributed by atoms with E-state index in [4.69, 9.17) is 0 Å². The van der Waals surface area contributed by atoms with Crippen molar-refractivity contribution in [1.29, 1.82) is 0 Å². The molecule has 1 amide bonds. The lowest BCUT2D eigenvalue weighted by Gasteiger charge is -2.16. The molecule has 0 saturated heterocycles.